The fourth-order valence-corrected chi connectivity index (χ4v) is 3.81. The van der Waals surface area contributed by atoms with Crippen LogP contribution in [0.3, 0.4) is 0 Å². The van der Waals surface area contributed by atoms with Gasteiger partial charge in [-0.1, -0.05) is 19.9 Å². The quantitative estimate of drug-likeness (QED) is 0.805. The first-order valence-electron chi connectivity index (χ1n) is 8.46. The topological polar surface area (TPSA) is 61.0 Å². The number of anilines is 2. The van der Waals surface area contributed by atoms with E-state index in [0.717, 1.165) is 34.6 Å². The van der Waals surface area contributed by atoms with Gasteiger partial charge in [-0.15, -0.1) is 0 Å². The average molecular weight is 391 g/mol. The van der Waals surface area contributed by atoms with Crippen molar-refractivity contribution >= 4 is 33.2 Å². The number of aromatic amines is 1. The van der Waals surface area contributed by atoms with Crippen LogP contribution in [0.25, 0.3) is 0 Å². The number of amides is 1. The predicted molar refractivity (Wildman–Crippen MR) is 101 cm³/mol. The molecule has 1 aliphatic rings. The zero-order valence-electron chi connectivity index (χ0n) is 14.1. The molecule has 1 amide bonds. The lowest BCUT2D eigenvalue weighted by molar-refractivity contribution is 0.102. The Morgan fingerprint density at radius 3 is 2.71 bits per heavy atom. The lowest BCUT2D eigenvalue weighted by atomic mass is 10.1. The maximum Gasteiger partial charge on any atom is 0.277 e. The van der Waals surface area contributed by atoms with Crippen LogP contribution in [-0.2, 0) is 0 Å². The molecule has 3 rings (SSSR count). The van der Waals surface area contributed by atoms with E-state index in [1.807, 2.05) is 18.2 Å². The van der Waals surface area contributed by atoms with Crippen LogP contribution >= 0.6 is 15.9 Å². The molecule has 0 spiro atoms. The van der Waals surface area contributed by atoms with E-state index < -0.39 is 0 Å². The minimum atomic E-state index is -0.208. The Bertz CT molecular complexity index is 720. The van der Waals surface area contributed by atoms with Gasteiger partial charge in [-0.2, -0.15) is 5.10 Å². The van der Waals surface area contributed by atoms with Gasteiger partial charge in [-0.05, 0) is 59.3 Å². The first kappa shape index (κ1) is 17.0. The smallest absolute Gasteiger partial charge is 0.277 e. The van der Waals surface area contributed by atoms with E-state index in [1.54, 1.807) is 0 Å². The SMILES string of the molecule is CC(C)c1[nH]nc(C(=O)Nc2cccc(N3CCCCC3)c2)c1Br. The second-order valence-corrected chi connectivity index (χ2v) is 7.30. The van der Waals surface area contributed by atoms with E-state index in [9.17, 15) is 4.79 Å². The molecule has 24 heavy (non-hydrogen) atoms. The molecule has 2 N–H and O–H groups in total. The van der Waals surface area contributed by atoms with Gasteiger partial charge in [0.05, 0.1) is 10.2 Å². The summed E-state index contributed by atoms with van der Waals surface area (Å²) in [6.45, 7) is 6.28. The Morgan fingerprint density at radius 1 is 1.29 bits per heavy atom. The summed E-state index contributed by atoms with van der Waals surface area (Å²) in [6.07, 6.45) is 3.77. The standard InChI is InChI=1S/C18H23BrN4O/c1-12(2)16-15(19)17(22-21-16)18(24)20-13-7-6-8-14(11-13)23-9-4-3-5-10-23/h6-8,11-12H,3-5,9-10H2,1-2H3,(H,20,24)(H,21,22). The van der Waals surface area contributed by atoms with Crippen molar-refractivity contribution in [3.05, 3.63) is 40.1 Å². The minimum absolute atomic E-state index is 0.208. The van der Waals surface area contributed by atoms with E-state index in [4.69, 9.17) is 0 Å². The van der Waals surface area contributed by atoms with Crippen LogP contribution in [0.1, 0.15) is 55.2 Å². The van der Waals surface area contributed by atoms with Gasteiger partial charge in [-0.3, -0.25) is 9.89 Å². The number of aromatic nitrogens is 2. The summed E-state index contributed by atoms with van der Waals surface area (Å²) in [5.74, 6) is 0.0664. The van der Waals surface area contributed by atoms with Crippen molar-refractivity contribution in [2.45, 2.75) is 39.0 Å². The number of carbonyl (C=O) groups excluding carboxylic acids is 1. The van der Waals surface area contributed by atoms with Gasteiger partial charge >= 0.3 is 0 Å². The molecule has 1 aromatic heterocycles. The van der Waals surface area contributed by atoms with E-state index in [-0.39, 0.29) is 11.8 Å². The number of carbonyl (C=O) groups is 1. The molecule has 0 saturated carbocycles. The van der Waals surface area contributed by atoms with E-state index in [1.165, 1.54) is 19.3 Å². The van der Waals surface area contributed by atoms with E-state index in [2.05, 4.69) is 56.3 Å². The molecule has 0 atom stereocenters. The molecule has 5 nitrogen and oxygen atoms in total. The van der Waals surface area contributed by atoms with Crippen molar-refractivity contribution in [1.82, 2.24) is 10.2 Å². The molecule has 0 unspecified atom stereocenters. The number of piperidine rings is 1. The van der Waals surface area contributed by atoms with Crippen molar-refractivity contribution in [2.24, 2.45) is 0 Å². The predicted octanol–water partition coefficient (Wildman–Crippen LogP) is 4.54. The molecule has 1 aliphatic heterocycles. The van der Waals surface area contributed by atoms with E-state index in [0.29, 0.717) is 5.69 Å². The molecule has 0 bridgehead atoms. The molecule has 0 aliphatic carbocycles. The summed E-state index contributed by atoms with van der Waals surface area (Å²) < 4.78 is 0.738. The van der Waals surface area contributed by atoms with Crippen molar-refractivity contribution in [3.63, 3.8) is 0 Å². The van der Waals surface area contributed by atoms with Crippen LogP contribution in [0.5, 0.6) is 0 Å². The second-order valence-electron chi connectivity index (χ2n) is 6.51. The van der Waals surface area contributed by atoms with Crippen molar-refractivity contribution in [3.8, 4) is 0 Å². The van der Waals surface area contributed by atoms with Crippen LogP contribution < -0.4 is 10.2 Å². The summed E-state index contributed by atoms with van der Waals surface area (Å²) in [5.41, 5.74) is 3.28. The normalized spacial score (nSPS) is 14.9. The maximum atomic E-state index is 12.5. The maximum absolute atomic E-state index is 12.5. The third-order valence-electron chi connectivity index (χ3n) is 4.35. The summed E-state index contributed by atoms with van der Waals surface area (Å²) in [4.78, 5) is 14.9. The molecule has 1 saturated heterocycles. The second kappa shape index (κ2) is 7.38. The number of hydrogen-bond donors (Lipinski definition) is 2. The monoisotopic (exact) mass is 390 g/mol. The third-order valence-corrected chi connectivity index (χ3v) is 5.15. The Labute approximate surface area is 151 Å². The first-order valence-corrected chi connectivity index (χ1v) is 9.25. The highest BCUT2D eigenvalue weighted by molar-refractivity contribution is 9.10. The van der Waals surface area contributed by atoms with Gasteiger partial charge in [0, 0.05) is 24.5 Å². The lowest BCUT2D eigenvalue weighted by Crippen LogP contribution is -2.29. The van der Waals surface area contributed by atoms with Crippen molar-refractivity contribution in [2.75, 3.05) is 23.3 Å². The van der Waals surface area contributed by atoms with Crippen LogP contribution in [0, 0.1) is 0 Å². The van der Waals surface area contributed by atoms with Gasteiger partial charge in [0.2, 0.25) is 0 Å². The first-order chi connectivity index (χ1) is 11.6. The van der Waals surface area contributed by atoms with Crippen LogP contribution in [0.4, 0.5) is 11.4 Å². The fourth-order valence-electron chi connectivity index (χ4n) is 3.00. The van der Waals surface area contributed by atoms with Gasteiger partial charge in [0.25, 0.3) is 5.91 Å². The number of hydrogen-bond acceptors (Lipinski definition) is 3. The van der Waals surface area contributed by atoms with E-state index >= 15 is 0 Å². The molecule has 2 heterocycles. The summed E-state index contributed by atoms with van der Waals surface area (Å²) >= 11 is 3.48. The molecule has 1 aromatic carbocycles. The molecule has 0 radical (unpaired) electrons. The molecule has 1 fully saturated rings. The molecule has 6 heteroatoms. The Hall–Kier alpha value is -1.82. The number of nitrogens with one attached hydrogen (secondary N) is 2. The fraction of sp³-hybridized carbons (Fsp3) is 0.444. The summed E-state index contributed by atoms with van der Waals surface area (Å²) in [6, 6.07) is 8.03. The van der Waals surface area contributed by atoms with Crippen molar-refractivity contribution < 1.29 is 4.79 Å². The number of benzene rings is 1. The van der Waals surface area contributed by atoms with Crippen LogP contribution in [0.15, 0.2) is 28.7 Å². The highest BCUT2D eigenvalue weighted by Crippen LogP contribution is 2.27. The Balaban J connectivity index is 1.75. The van der Waals surface area contributed by atoms with Crippen molar-refractivity contribution in [1.29, 1.82) is 0 Å². The molecular formula is C18H23BrN4O. The van der Waals surface area contributed by atoms with Crippen LogP contribution in [0.2, 0.25) is 0 Å². The number of H-pyrrole nitrogens is 1. The lowest BCUT2D eigenvalue weighted by Gasteiger charge is -2.29. The van der Waals surface area contributed by atoms with Gasteiger partial charge < -0.3 is 10.2 Å². The zero-order valence-corrected chi connectivity index (χ0v) is 15.7. The summed E-state index contributed by atoms with van der Waals surface area (Å²) in [7, 11) is 0. The molecule has 2 aromatic rings. The van der Waals surface area contributed by atoms with Crippen LogP contribution in [-0.4, -0.2) is 29.2 Å². The Kier molecular flexibility index (Phi) is 5.23. The molecular weight excluding hydrogens is 368 g/mol. The highest BCUT2D eigenvalue weighted by atomic mass is 79.9. The number of nitrogens with zero attached hydrogens (tertiary/aromatic N) is 2. The minimum Gasteiger partial charge on any atom is -0.371 e. The third kappa shape index (κ3) is 3.64. The van der Waals surface area contributed by atoms with Gasteiger partial charge in [0.1, 0.15) is 0 Å². The zero-order chi connectivity index (χ0) is 17.1. The van der Waals surface area contributed by atoms with Gasteiger partial charge in [0.15, 0.2) is 5.69 Å². The molecule has 128 valence electrons. The average Bonchev–Trinajstić information content (AvgIpc) is 2.98. The highest BCUT2D eigenvalue weighted by Gasteiger charge is 2.19. The van der Waals surface area contributed by atoms with Gasteiger partial charge in [-0.25, -0.2) is 0 Å². The summed E-state index contributed by atoms with van der Waals surface area (Å²) in [5, 5.41) is 10.0. The Morgan fingerprint density at radius 2 is 2.04 bits per heavy atom. The number of halogens is 1. The number of rotatable bonds is 4. The largest absolute Gasteiger partial charge is 0.371 e.